The van der Waals surface area contributed by atoms with Crippen molar-refractivity contribution in [2.24, 2.45) is 5.73 Å². The highest BCUT2D eigenvalue weighted by Crippen LogP contribution is 2.06. The van der Waals surface area contributed by atoms with Crippen molar-refractivity contribution < 1.29 is 0 Å². The molecule has 3 nitrogen and oxygen atoms in total. The van der Waals surface area contributed by atoms with Crippen LogP contribution in [0.4, 0.5) is 0 Å². The minimum atomic E-state index is 0.559. The Kier molecular flexibility index (Phi) is 5.45. The molecule has 1 rings (SSSR count). The SMILES string of the molecule is CCCCN1CCN(C(C)CN)CC1. The zero-order valence-electron chi connectivity index (χ0n) is 9.71. The van der Waals surface area contributed by atoms with Crippen LogP contribution in [0.15, 0.2) is 0 Å². The Morgan fingerprint density at radius 1 is 1.21 bits per heavy atom. The second kappa shape index (κ2) is 6.38. The van der Waals surface area contributed by atoms with Gasteiger partial charge in [-0.1, -0.05) is 13.3 Å². The number of hydrogen-bond donors (Lipinski definition) is 1. The summed E-state index contributed by atoms with van der Waals surface area (Å²) in [5.74, 6) is 0. The molecule has 0 aromatic carbocycles. The summed E-state index contributed by atoms with van der Waals surface area (Å²) >= 11 is 0. The largest absolute Gasteiger partial charge is 0.329 e. The van der Waals surface area contributed by atoms with Crippen LogP contribution in [0.25, 0.3) is 0 Å². The third-order valence-corrected chi connectivity index (χ3v) is 3.20. The number of unbranched alkanes of at least 4 members (excludes halogenated alkanes) is 1. The summed E-state index contributed by atoms with van der Waals surface area (Å²) in [5.41, 5.74) is 5.66. The van der Waals surface area contributed by atoms with Crippen molar-refractivity contribution in [3.63, 3.8) is 0 Å². The van der Waals surface area contributed by atoms with Crippen LogP contribution in [0.1, 0.15) is 26.7 Å². The van der Waals surface area contributed by atoms with E-state index in [1.165, 1.54) is 45.6 Å². The van der Waals surface area contributed by atoms with Gasteiger partial charge in [0.15, 0.2) is 0 Å². The zero-order valence-corrected chi connectivity index (χ0v) is 9.71. The fourth-order valence-electron chi connectivity index (χ4n) is 1.96. The molecule has 1 saturated heterocycles. The van der Waals surface area contributed by atoms with E-state index in [4.69, 9.17) is 5.73 Å². The molecule has 0 aromatic heterocycles. The van der Waals surface area contributed by atoms with Gasteiger partial charge in [-0.25, -0.2) is 0 Å². The third kappa shape index (κ3) is 3.56. The van der Waals surface area contributed by atoms with Gasteiger partial charge in [-0.2, -0.15) is 0 Å². The van der Waals surface area contributed by atoms with E-state index in [1.807, 2.05) is 0 Å². The van der Waals surface area contributed by atoms with Crippen LogP contribution in [0, 0.1) is 0 Å². The Morgan fingerprint density at radius 2 is 1.86 bits per heavy atom. The van der Waals surface area contributed by atoms with E-state index >= 15 is 0 Å². The molecule has 0 amide bonds. The Hall–Kier alpha value is -0.120. The van der Waals surface area contributed by atoms with Crippen molar-refractivity contribution >= 4 is 0 Å². The maximum absolute atomic E-state index is 5.66. The maximum Gasteiger partial charge on any atom is 0.0191 e. The molecule has 14 heavy (non-hydrogen) atoms. The van der Waals surface area contributed by atoms with E-state index in [2.05, 4.69) is 23.6 Å². The molecule has 0 bridgehead atoms. The van der Waals surface area contributed by atoms with Gasteiger partial charge in [0.2, 0.25) is 0 Å². The van der Waals surface area contributed by atoms with E-state index in [0.29, 0.717) is 6.04 Å². The Morgan fingerprint density at radius 3 is 2.36 bits per heavy atom. The molecule has 1 atom stereocenters. The van der Waals surface area contributed by atoms with E-state index < -0.39 is 0 Å². The monoisotopic (exact) mass is 199 g/mol. The highest BCUT2D eigenvalue weighted by atomic mass is 15.3. The maximum atomic E-state index is 5.66. The van der Waals surface area contributed by atoms with Gasteiger partial charge in [-0.3, -0.25) is 4.90 Å². The smallest absolute Gasteiger partial charge is 0.0191 e. The molecular formula is C11H25N3. The fraction of sp³-hybridized carbons (Fsp3) is 1.00. The van der Waals surface area contributed by atoms with Gasteiger partial charge in [-0.05, 0) is 19.9 Å². The lowest BCUT2D eigenvalue weighted by Crippen LogP contribution is -2.51. The second-order valence-corrected chi connectivity index (χ2v) is 4.32. The third-order valence-electron chi connectivity index (χ3n) is 3.20. The lowest BCUT2D eigenvalue weighted by Gasteiger charge is -2.37. The van der Waals surface area contributed by atoms with Crippen LogP contribution in [0.2, 0.25) is 0 Å². The zero-order chi connectivity index (χ0) is 10.4. The van der Waals surface area contributed by atoms with Crippen molar-refractivity contribution in [3.8, 4) is 0 Å². The molecule has 1 heterocycles. The normalized spacial score (nSPS) is 22.5. The molecule has 1 aliphatic rings. The van der Waals surface area contributed by atoms with Crippen molar-refractivity contribution in [2.45, 2.75) is 32.7 Å². The summed E-state index contributed by atoms with van der Waals surface area (Å²) in [7, 11) is 0. The van der Waals surface area contributed by atoms with E-state index in [9.17, 15) is 0 Å². The van der Waals surface area contributed by atoms with Crippen molar-refractivity contribution in [3.05, 3.63) is 0 Å². The average Bonchev–Trinajstić information content (AvgIpc) is 2.26. The first-order chi connectivity index (χ1) is 6.77. The molecule has 2 N–H and O–H groups in total. The molecule has 1 fully saturated rings. The summed E-state index contributed by atoms with van der Waals surface area (Å²) in [6.45, 7) is 11.4. The minimum Gasteiger partial charge on any atom is -0.329 e. The molecule has 1 aliphatic heterocycles. The fourth-order valence-corrected chi connectivity index (χ4v) is 1.96. The summed E-state index contributed by atoms with van der Waals surface area (Å²) in [4.78, 5) is 5.08. The molecule has 0 radical (unpaired) electrons. The number of nitrogens with zero attached hydrogens (tertiary/aromatic N) is 2. The van der Waals surface area contributed by atoms with Gasteiger partial charge in [0.05, 0.1) is 0 Å². The lowest BCUT2D eigenvalue weighted by molar-refractivity contribution is 0.104. The summed E-state index contributed by atoms with van der Waals surface area (Å²) in [6, 6.07) is 0.559. The number of hydrogen-bond acceptors (Lipinski definition) is 3. The highest BCUT2D eigenvalue weighted by molar-refractivity contribution is 4.76. The van der Waals surface area contributed by atoms with Gasteiger partial charge >= 0.3 is 0 Å². The van der Waals surface area contributed by atoms with Crippen LogP contribution in [-0.4, -0.2) is 55.1 Å². The quantitative estimate of drug-likeness (QED) is 0.709. The number of rotatable bonds is 5. The molecule has 0 spiro atoms. The van der Waals surface area contributed by atoms with Gasteiger partial charge < -0.3 is 10.6 Å². The van der Waals surface area contributed by atoms with Crippen molar-refractivity contribution in [2.75, 3.05) is 39.3 Å². The average molecular weight is 199 g/mol. The summed E-state index contributed by atoms with van der Waals surface area (Å²) < 4.78 is 0. The van der Waals surface area contributed by atoms with Crippen LogP contribution in [-0.2, 0) is 0 Å². The van der Waals surface area contributed by atoms with Crippen LogP contribution < -0.4 is 5.73 Å². The molecule has 84 valence electrons. The van der Waals surface area contributed by atoms with Crippen LogP contribution in [0.5, 0.6) is 0 Å². The number of nitrogens with two attached hydrogens (primary N) is 1. The highest BCUT2D eigenvalue weighted by Gasteiger charge is 2.19. The van der Waals surface area contributed by atoms with Crippen LogP contribution >= 0.6 is 0 Å². The van der Waals surface area contributed by atoms with Gasteiger partial charge in [0, 0.05) is 38.8 Å². The molecule has 0 aliphatic carbocycles. The molecule has 1 unspecified atom stereocenters. The molecule has 0 aromatic rings. The summed E-state index contributed by atoms with van der Waals surface area (Å²) in [6.07, 6.45) is 2.64. The molecular weight excluding hydrogens is 174 g/mol. The van der Waals surface area contributed by atoms with Crippen LogP contribution in [0.3, 0.4) is 0 Å². The van der Waals surface area contributed by atoms with Gasteiger partial charge in [0.1, 0.15) is 0 Å². The Labute approximate surface area is 88.2 Å². The lowest BCUT2D eigenvalue weighted by atomic mass is 10.2. The molecule has 0 saturated carbocycles. The van der Waals surface area contributed by atoms with E-state index in [-0.39, 0.29) is 0 Å². The Bertz CT molecular complexity index is 141. The predicted octanol–water partition coefficient (Wildman–Crippen LogP) is 0.751. The number of piperazine rings is 1. The van der Waals surface area contributed by atoms with Gasteiger partial charge in [0.25, 0.3) is 0 Å². The van der Waals surface area contributed by atoms with Crippen molar-refractivity contribution in [1.29, 1.82) is 0 Å². The van der Waals surface area contributed by atoms with Gasteiger partial charge in [-0.15, -0.1) is 0 Å². The first-order valence-electron chi connectivity index (χ1n) is 5.94. The predicted molar refractivity (Wildman–Crippen MR) is 61.4 cm³/mol. The summed E-state index contributed by atoms with van der Waals surface area (Å²) in [5, 5.41) is 0. The van der Waals surface area contributed by atoms with Crippen molar-refractivity contribution in [1.82, 2.24) is 9.80 Å². The first kappa shape index (κ1) is 12.0. The minimum absolute atomic E-state index is 0.559. The second-order valence-electron chi connectivity index (χ2n) is 4.32. The molecule has 3 heteroatoms. The topological polar surface area (TPSA) is 32.5 Å². The van der Waals surface area contributed by atoms with E-state index in [0.717, 1.165) is 6.54 Å². The van der Waals surface area contributed by atoms with E-state index in [1.54, 1.807) is 0 Å². The first-order valence-corrected chi connectivity index (χ1v) is 5.94. The standard InChI is InChI=1S/C11H25N3/c1-3-4-5-13-6-8-14(9-7-13)11(2)10-12/h11H,3-10,12H2,1-2H3. The Balaban J connectivity index is 2.17.